The lowest BCUT2D eigenvalue weighted by Gasteiger charge is -2.30. The zero-order valence-electron chi connectivity index (χ0n) is 10.4. The van der Waals surface area contributed by atoms with Gasteiger partial charge >= 0.3 is 0 Å². The minimum Gasteiger partial charge on any atom is -0.497 e. The molecule has 1 aliphatic carbocycles. The van der Waals surface area contributed by atoms with Crippen molar-refractivity contribution in [2.75, 3.05) is 14.2 Å². The zero-order valence-corrected chi connectivity index (χ0v) is 10.4. The number of hydrogen-bond acceptors (Lipinski definition) is 2. The molecule has 0 spiro atoms. The molecule has 1 aromatic rings. The molecule has 2 unspecified atom stereocenters. The van der Waals surface area contributed by atoms with E-state index in [9.17, 15) is 0 Å². The van der Waals surface area contributed by atoms with Crippen LogP contribution in [0.5, 0.6) is 5.75 Å². The fraction of sp³-hybridized carbons (Fsp3) is 0.571. The normalized spacial score (nSPS) is 21.3. The first-order chi connectivity index (χ1) is 7.76. The van der Waals surface area contributed by atoms with Crippen LogP contribution in [0.1, 0.15) is 36.8 Å². The van der Waals surface area contributed by atoms with E-state index < -0.39 is 0 Å². The van der Waals surface area contributed by atoms with Gasteiger partial charge in [0.2, 0.25) is 0 Å². The fourth-order valence-corrected chi connectivity index (χ4v) is 2.68. The maximum absolute atomic E-state index is 5.29. The smallest absolute Gasteiger partial charge is 0.119 e. The molecule has 0 saturated heterocycles. The molecule has 2 nitrogen and oxygen atoms in total. The molecule has 16 heavy (non-hydrogen) atoms. The van der Waals surface area contributed by atoms with Gasteiger partial charge in [-0.1, -0.05) is 6.07 Å². The molecule has 0 heterocycles. The summed E-state index contributed by atoms with van der Waals surface area (Å²) >= 11 is 0. The highest BCUT2D eigenvalue weighted by molar-refractivity contribution is 5.39. The molecule has 0 aromatic heterocycles. The second kappa shape index (κ2) is 4.88. The van der Waals surface area contributed by atoms with E-state index in [2.05, 4.69) is 30.4 Å². The minimum atomic E-state index is 0.549. The molecule has 1 aromatic carbocycles. The predicted octanol–water partition coefficient (Wildman–Crippen LogP) is 2.72. The zero-order chi connectivity index (χ0) is 11.5. The van der Waals surface area contributed by atoms with Gasteiger partial charge in [-0.05, 0) is 62.4 Å². The highest BCUT2D eigenvalue weighted by Gasteiger charge is 2.24. The molecule has 0 saturated carbocycles. The summed E-state index contributed by atoms with van der Waals surface area (Å²) in [5.41, 5.74) is 2.98. The molecule has 0 aliphatic heterocycles. The second-order valence-corrected chi connectivity index (χ2v) is 4.64. The van der Waals surface area contributed by atoms with Crippen LogP contribution in [0.25, 0.3) is 0 Å². The molecule has 0 amide bonds. The Morgan fingerprint density at radius 2 is 2.25 bits per heavy atom. The Bertz CT molecular complexity index is 362. The Morgan fingerprint density at radius 1 is 1.44 bits per heavy atom. The molecule has 88 valence electrons. The van der Waals surface area contributed by atoms with Gasteiger partial charge in [-0.3, -0.25) is 0 Å². The number of fused-ring (bicyclic) bond motifs is 1. The molecule has 2 rings (SSSR count). The van der Waals surface area contributed by atoms with E-state index in [-0.39, 0.29) is 0 Å². The van der Waals surface area contributed by atoms with E-state index in [1.165, 1.54) is 30.4 Å². The van der Waals surface area contributed by atoms with Gasteiger partial charge < -0.3 is 10.1 Å². The largest absolute Gasteiger partial charge is 0.497 e. The third-order valence-corrected chi connectivity index (χ3v) is 3.77. The van der Waals surface area contributed by atoms with Gasteiger partial charge in [-0.15, -0.1) is 0 Å². The van der Waals surface area contributed by atoms with Gasteiger partial charge in [0.15, 0.2) is 0 Å². The number of ether oxygens (including phenoxy) is 1. The van der Waals surface area contributed by atoms with E-state index in [1.807, 2.05) is 7.05 Å². The van der Waals surface area contributed by atoms with Crippen LogP contribution in [0.3, 0.4) is 0 Å². The summed E-state index contributed by atoms with van der Waals surface area (Å²) in [6.45, 7) is 2.27. The van der Waals surface area contributed by atoms with Crippen LogP contribution in [-0.2, 0) is 6.42 Å². The summed E-state index contributed by atoms with van der Waals surface area (Å²) in [5, 5.41) is 3.37. The molecular formula is C14H21NO. The van der Waals surface area contributed by atoms with Crippen molar-refractivity contribution in [2.45, 2.75) is 38.1 Å². The molecule has 0 radical (unpaired) electrons. The van der Waals surface area contributed by atoms with Gasteiger partial charge in [0.25, 0.3) is 0 Å². The van der Waals surface area contributed by atoms with E-state index in [1.54, 1.807) is 7.11 Å². The Hall–Kier alpha value is -1.02. The number of aryl methyl sites for hydroxylation is 1. The van der Waals surface area contributed by atoms with Crippen LogP contribution in [0.4, 0.5) is 0 Å². The first kappa shape index (κ1) is 11.5. The monoisotopic (exact) mass is 219 g/mol. The molecule has 2 heteroatoms. The lowest BCUT2D eigenvalue weighted by atomic mass is 9.79. The summed E-state index contributed by atoms with van der Waals surface area (Å²) in [4.78, 5) is 0. The first-order valence-corrected chi connectivity index (χ1v) is 6.10. The average molecular weight is 219 g/mol. The molecule has 1 aliphatic rings. The van der Waals surface area contributed by atoms with Crippen LogP contribution < -0.4 is 10.1 Å². The van der Waals surface area contributed by atoms with Crippen molar-refractivity contribution in [3.05, 3.63) is 29.3 Å². The van der Waals surface area contributed by atoms with Crippen molar-refractivity contribution in [3.8, 4) is 5.75 Å². The van der Waals surface area contributed by atoms with Crippen molar-refractivity contribution in [1.29, 1.82) is 0 Å². The molecule has 2 atom stereocenters. The Morgan fingerprint density at radius 3 is 2.94 bits per heavy atom. The quantitative estimate of drug-likeness (QED) is 0.844. The van der Waals surface area contributed by atoms with Crippen LogP contribution >= 0.6 is 0 Å². The van der Waals surface area contributed by atoms with E-state index >= 15 is 0 Å². The Balaban J connectivity index is 2.32. The lowest BCUT2D eigenvalue weighted by molar-refractivity contribution is 0.409. The van der Waals surface area contributed by atoms with Crippen LogP contribution in [0.15, 0.2) is 18.2 Å². The number of nitrogens with one attached hydrogen (secondary N) is 1. The van der Waals surface area contributed by atoms with Gasteiger partial charge in [0.05, 0.1) is 7.11 Å². The number of hydrogen-bond donors (Lipinski definition) is 1. The molecular weight excluding hydrogens is 198 g/mol. The SMILES string of the molecule is CNC(C)C1CCCc2cc(OC)ccc21. The van der Waals surface area contributed by atoms with Gasteiger partial charge in [-0.25, -0.2) is 0 Å². The summed E-state index contributed by atoms with van der Waals surface area (Å²) in [6, 6.07) is 7.07. The van der Waals surface area contributed by atoms with Crippen molar-refractivity contribution in [2.24, 2.45) is 0 Å². The summed E-state index contributed by atoms with van der Waals surface area (Å²) in [6.07, 6.45) is 3.78. The van der Waals surface area contributed by atoms with Crippen LogP contribution in [-0.4, -0.2) is 20.2 Å². The highest BCUT2D eigenvalue weighted by Crippen LogP contribution is 2.35. The van der Waals surface area contributed by atoms with Crippen LogP contribution in [0.2, 0.25) is 0 Å². The highest BCUT2D eigenvalue weighted by atomic mass is 16.5. The number of rotatable bonds is 3. The van der Waals surface area contributed by atoms with E-state index in [4.69, 9.17) is 4.74 Å². The van der Waals surface area contributed by atoms with E-state index in [0.29, 0.717) is 12.0 Å². The maximum Gasteiger partial charge on any atom is 0.119 e. The van der Waals surface area contributed by atoms with Crippen molar-refractivity contribution < 1.29 is 4.74 Å². The van der Waals surface area contributed by atoms with Crippen molar-refractivity contribution in [1.82, 2.24) is 5.32 Å². The third-order valence-electron chi connectivity index (χ3n) is 3.77. The van der Waals surface area contributed by atoms with Crippen LogP contribution in [0, 0.1) is 0 Å². The predicted molar refractivity (Wildman–Crippen MR) is 67.2 cm³/mol. The van der Waals surface area contributed by atoms with E-state index in [0.717, 1.165) is 5.75 Å². The number of benzene rings is 1. The van der Waals surface area contributed by atoms with Crippen molar-refractivity contribution >= 4 is 0 Å². The number of likely N-dealkylation sites (N-methyl/N-ethyl adjacent to an activating group) is 1. The Kier molecular flexibility index (Phi) is 3.49. The van der Waals surface area contributed by atoms with Gasteiger partial charge in [-0.2, -0.15) is 0 Å². The topological polar surface area (TPSA) is 21.3 Å². The summed E-state index contributed by atoms with van der Waals surface area (Å²) < 4.78 is 5.29. The second-order valence-electron chi connectivity index (χ2n) is 4.64. The average Bonchev–Trinajstić information content (AvgIpc) is 2.36. The third kappa shape index (κ3) is 2.07. The van der Waals surface area contributed by atoms with Crippen molar-refractivity contribution in [3.63, 3.8) is 0 Å². The summed E-state index contributed by atoms with van der Waals surface area (Å²) in [5.74, 6) is 1.64. The number of methoxy groups -OCH3 is 1. The molecule has 1 N–H and O–H groups in total. The first-order valence-electron chi connectivity index (χ1n) is 6.10. The van der Waals surface area contributed by atoms with Gasteiger partial charge in [0, 0.05) is 6.04 Å². The summed E-state index contributed by atoms with van der Waals surface area (Å²) in [7, 11) is 3.78. The Labute approximate surface area is 98.0 Å². The molecule has 0 bridgehead atoms. The van der Waals surface area contributed by atoms with Gasteiger partial charge in [0.1, 0.15) is 5.75 Å². The maximum atomic E-state index is 5.29. The standard InChI is InChI=1S/C14H21NO/c1-10(15-2)13-6-4-5-11-9-12(16-3)7-8-14(11)13/h7-10,13,15H,4-6H2,1-3H3. The fourth-order valence-electron chi connectivity index (χ4n) is 2.68. The lowest BCUT2D eigenvalue weighted by Crippen LogP contribution is -2.31. The minimum absolute atomic E-state index is 0.549. The molecule has 0 fully saturated rings.